The van der Waals surface area contributed by atoms with Gasteiger partial charge in [-0.15, -0.1) is 0 Å². The fraction of sp³-hybridized carbons (Fsp3) is 0.769. The van der Waals surface area contributed by atoms with Crippen molar-refractivity contribution in [1.82, 2.24) is 15.1 Å². The van der Waals surface area contributed by atoms with Crippen LogP contribution in [0.4, 0.5) is 0 Å². The highest BCUT2D eigenvalue weighted by Crippen LogP contribution is 2.28. The second-order valence-electron chi connectivity index (χ2n) is 4.96. The summed E-state index contributed by atoms with van der Waals surface area (Å²) in [6, 6.07) is 2.99. The summed E-state index contributed by atoms with van der Waals surface area (Å²) in [5.41, 5.74) is 2.57. The van der Waals surface area contributed by atoms with Crippen LogP contribution in [0.2, 0.25) is 0 Å². The molecule has 0 bridgehead atoms. The fourth-order valence-corrected chi connectivity index (χ4v) is 2.86. The van der Waals surface area contributed by atoms with Crippen LogP contribution >= 0.6 is 0 Å². The summed E-state index contributed by atoms with van der Waals surface area (Å²) >= 11 is 0. The van der Waals surface area contributed by atoms with E-state index in [1.165, 1.54) is 31.4 Å². The zero-order valence-electron chi connectivity index (χ0n) is 10.7. The molecule has 0 aliphatic heterocycles. The van der Waals surface area contributed by atoms with E-state index in [1.54, 1.807) is 0 Å². The average molecular weight is 221 g/mol. The van der Waals surface area contributed by atoms with E-state index in [9.17, 15) is 0 Å². The second-order valence-corrected chi connectivity index (χ2v) is 4.96. The third kappa shape index (κ3) is 2.46. The van der Waals surface area contributed by atoms with E-state index in [-0.39, 0.29) is 0 Å². The van der Waals surface area contributed by atoms with E-state index in [2.05, 4.69) is 42.1 Å². The Morgan fingerprint density at radius 2 is 2.31 bits per heavy atom. The summed E-state index contributed by atoms with van der Waals surface area (Å²) < 4.78 is 2.15. The van der Waals surface area contributed by atoms with Crippen molar-refractivity contribution in [2.24, 2.45) is 5.92 Å². The maximum absolute atomic E-state index is 4.51. The Morgan fingerprint density at radius 3 is 2.94 bits per heavy atom. The lowest BCUT2D eigenvalue weighted by Crippen LogP contribution is -2.21. The van der Waals surface area contributed by atoms with Gasteiger partial charge in [0.1, 0.15) is 0 Å². The van der Waals surface area contributed by atoms with Crippen LogP contribution in [-0.4, -0.2) is 22.9 Å². The number of rotatable bonds is 4. The summed E-state index contributed by atoms with van der Waals surface area (Å²) in [4.78, 5) is 0. The van der Waals surface area contributed by atoms with Crippen LogP contribution in [0.15, 0.2) is 6.07 Å². The molecule has 0 spiro atoms. The van der Waals surface area contributed by atoms with Gasteiger partial charge in [-0.2, -0.15) is 5.10 Å². The molecule has 3 heteroatoms. The van der Waals surface area contributed by atoms with Crippen LogP contribution in [0, 0.1) is 12.8 Å². The maximum atomic E-state index is 4.51. The predicted molar refractivity (Wildman–Crippen MR) is 66.5 cm³/mol. The third-order valence-corrected chi connectivity index (χ3v) is 3.73. The Labute approximate surface area is 98.2 Å². The lowest BCUT2D eigenvalue weighted by Gasteiger charge is -2.11. The van der Waals surface area contributed by atoms with Crippen molar-refractivity contribution in [3.63, 3.8) is 0 Å². The van der Waals surface area contributed by atoms with Gasteiger partial charge in [0.2, 0.25) is 0 Å². The third-order valence-electron chi connectivity index (χ3n) is 3.73. The van der Waals surface area contributed by atoms with Gasteiger partial charge in [0, 0.05) is 18.3 Å². The molecule has 2 atom stereocenters. The summed E-state index contributed by atoms with van der Waals surface area (Å²) in [5.74, 6) is 0.846. The zero-order chi connectivity index (χ0) is 11.5. The van der Waals surface area contributed by atoms with Crippen molar-refractivity contribution in [3.8, 4) is 0 Å². The van der Waals surface area contributed by atoms with Crippen molar-refractivity contribution in [2.75, 3.05) is 7.05 Å². The highest BCUT2D eigenvalue weighted by atomic mass is 15.3. The van der Waals surface area contributed by atoms with Crippen LogP contribution < -0.4 is 5.32 Å². The van der Waals surface area contributed by atoms with Gasteiger partial charge in [-0.05, 0) is 58.6 Å². The molecular weight excluding hydrogens is 198 g/mol. The van der Waals surface area contributed by atoms with Crippen molar-refractivity contribution >= 4 is 0 Å². The van der Waals surface area contributed by atoms with Crippen LogP contribution in [0.25, 0.3) is 0 Å². The van der Waals surface area contributed by atoms with Gasteiger partial charge in [0.15, 0.2) is 0 Å². The minimum absolute atomic E-state index is 0.740. The SMILES string of the molecule is CCn1nc(C)cc1CC1CCC(NC)C1. The molecule has 90 valence electrons. The first kappa shape index (κ1) is 11.6. The predicted octanol–water partition coefficient (Wildman–Crippen LogP) is 2.14. The molecule has 0 aromatic carbocycles. The van der Waals surface area contributed by atoms with Gasteiger partial charge < -0.3 is 5.32 Å². The summed E-state index contributed by atoms with van der Waals surface area (Å²) in [6.45, 7) is 5.24. The van der Waals surface area contributed by atoms with E-state index in [0.717, 1.165) is 24.2 Å². The van der Waals surface area contributed by atoms with Gasteiger partial charge in [0.05, 0.1) is 5.69 Å². The molecule has 1 aromatic rings. The van der Waals surface area contributed by atoms with E-state index in [1.807, 2.05) is 0 Å². The number of hydrogen-bond donors (Lipinski definition) is 1. The highest BCUT2D eigenvalue weighted by molar-refractivity contribution is 5.10. The molecule has 0 radical (unpaired) electrons. The maximum Gasteiger partial charge on any atom is 0.0596 e. The zero-order valence-corrected chi connectivity index (χ0v) is 10.7. The first-order valence-electron chi connectivity index (χ1n) is 6.43. The minimum atomic E-state index is 0.740. The van der Waals surface area contributed by atoms with Crippen LogP contribution in [0.3, 0.4) is 0 Å². The lowest BCUT2D eigenvalue weighted by molar-refractivity contribution is 0.486. The molecule has 1 fully saturated rings. The van der Waals surface area contributed by atoms with E-state index < -0.39 is 0 Å². The Morgan fingerprint density at radius 1 is 1.50 bits per heavy atom. The second kappa shape index (κ2) is 5.00. The number of nitrogens with one attached hydrogen (secondary N) is 1. The molecule has 0 saturated heterocycles. The Kier molecular flexibility index (Phi) is 3.64. The number of aryl methyl sites for hydroxylation is 2. The van der Waals surface area contributed by atoms with Crippen molar-refractivity contribution in [2.45, 2.75) is 52.1 Å². The van der Waals surface area contributed by atoms with Gasteiger partial charge in [-0.3, -0.25) is 4.68 Å². The first-order chi connectivity index (χ1) is 7.72. The summed E-state index contributed by atoms with van der Waals surface area (Å²) in [7, 11) is 2.08. The number of nitrogens with zero attached hydrogens (tertiary/aromatic N) is 2. The topological polar surface area (TPSA) is 29.9 Å². The molecule has 2 unspecified atom stereocenters. The lowest BCUT2D eigenvalue weighted by atomic mass is 10.0. The Bertz CT molecular complexity index is 343. The van der Waals surface area contributed by atoms with Gasteiger partial charge in [-0.1, -0.05) is 0 Å². The van der Waals surface area contributed by atoms with E-state index in [4.69, 9.17) is 0 Å². The van der Waals surface area contributed by atoms with E-state index in [0.29, 0.717) is 0 Å². The molecule has 3 nitrogen and oxygen atoms in total. The van der Waals surface area contributed by atoms with Crippen LogP contribution in [-0.2, 0) is 13.0 Å². The Hall–Kier alpha value is -0.830. The first-order valence-corrected chi connectivity index (χ1v) is 6.43. The van der Waals surface area contributed by atoms with Crippen LogP contribution in [0.1, 0.15) is 37.6 Å². The highest BCUT2D eigenvalue weighted by Gasteiger charge is 2.24. The molecule has 0 amide bonds. The minimum Gasteiger partial charge on any atom is -0.317 e. The smallest absolute Gasteiger partial charge is 0.0596 e. The largest absolute Gasteiger partial charge is 0.317 e. The molecule has 1 aliphatic carbocycles. The molecule has 16 heavy (non-hydrogen) atoms. The van der Waals surface area contributed by atoms with Gasteiger partial charge in [-0.25, -0.2) is 0 Å². The Balaban J connectivity index is 1.98. The number of aromatic nitrogens is 2. The molecule has 1 aromatic heterocycles. The quantitative estimate of drug-likeness (QED) is 0.844. The van der Waals surface area contributed by atoms with Crippen molar-refractivity contribution < 1.29 is 0 Å². The standard InChI is InChI=1S/C13H23N3/c1-4-16-13(7-10(2)15-16)9-11-5-6-12(8-11)14-3/h7,11-12,14H,4-6,8-9H2,1-3H3. The summed E-state index contributed by atoms with van der Waals surface area (Å²) in [6.07, 6.45) is 5.22. The normalized spacial score (nSPS) is 25.2. The van der Waals surface area contributed by atoms with Gasteiger partial charge in [0.25, 0.3) is 0 Å². The molecular formula is C13H23N3. The molecule has 1 heterocycles. The summed E-state index contributed by atoms with van der Waals surface area (Å²) in [5, 5.41) is 7.90. The van der Waals surface area contributed by atoms with Crippen molar-refractivity contribution in [3.05, 3.63) is 17.5 Å². The van der Waals surface area contributed by atoms with Gasteiger partial charge >= 0.3 is 0 Å². The van der Waals surface area contributed by atoms with Crippen LogP contribution in [0.5, 0.6) is 0 Å². The average Bonchev–Trinajstić information content (AvgIpc) is 2.85. The monoisotopic (exact) mass is 221 g/mol. The molecule has 1 aliphatic rings. The van der Waals surface area contributed by atoms with Crippen molar-refractivity contribution in [1.29, 1.82) is 0 Å². The fourth-order valence-electron chi connectivity index (χ4n) is 2.86. The number of hydrogen-bond acceptors (Lipinski definition) is 2. The molecule has 1 saturated carbocycles. The molecule has 1 N–H and O–H groups in total. The van der Waals surface area contributed by atoms with E-state index >= 15 is 0 Å². The molecule has 2 rings (SSSR count).